The molecule has 1 aliphatic rings. The summed E-state index contributed by atoms with van der Waals surface area (Å²) in [4.78, 5) is 13.4. The van der Waals surface area contributed by atoms with E-state index < -0.39 is 0 Å². The number of rotatable bonds is 2. The van der Waals surface area contributed by atoms with E-state index in [9.17, 15) is 4.79 Å². The first-order chi connectivity index (χ1) is 8.54. The highest BCUT2D eigenvalue weighted by Crippen LogP contribution is 2.34. The van der Waals surface area contributed by atoms with Gasteiger partial charge in [0.15, 0.2) is 0 Å². The summed E-state index contributed by atoms with van der Waals surface area (Å²) < 4.78 is 5.22. The van der Waals surface area contributed by atoms with Gasteiger partial charge in [-0.05, 0) is 30.7 Å². The SMILES string of the molecule is CCOC(=N)C1Cc2cc(Cl)ccc2N1C(C)=O. The smallest absolute Gasteiger partial charge is 0.224 e. The molecule has 18 heavy (non-hydrogen) atoms. The van der Waals surface area contributed by atoms with E-state index in [0.29, 0.717) is 18.1 Å². The molecule has 1 N–H and O–H groups in total. The number of anilines is 1. The Morgan fingerprint density at radius 3 is 2.94 bits per heavy atom. The maximum atomic E-state index is 11.8. The number of amides is 1. The van der Waals surface area contributed by atoms with Crippen LogP contribution in [0.4, 0.5) is 5.69 Å². The lowest BCUT2D eigenvalue weighted by Gasteiger charge is -2.24. The third-order valence-corrected chi connectivity index (χ3v) is 3.20. The van der Waals surface area contributed by atoms with Gasteiger partial charge in [-0.3, -0.25) is 15.1 Å². The summed E-state index contributed by atoms with van der Waals surface area (Å²) in [6.45, 7) is 3.75. The highest BCUT2D eigenvalue weighted by Gasteiger charge is 2.35. The second-order valence-corrected chi connectivity index (χ2v) is 4.62. The molecule has 1 unspecified atom stereocenters. The van der Waals surface area contributed by atoms with Gasteiger partial charge in [-0.25, -0.2) is 0 Å². The molecule has 96 valence electrons. The van der Waals surface area contributed by atoms with E-state index in [-0.39, 0.29) is 17.8 Å². The Labute approximate surface area is 111 Å². The Morgan fingerprint density at radius 2 is 2.33 bits per heavy atom. The minimum Gasteiger partial charge on any atom is -0.480 e. The van der Waals surface area contributed by atoms with Crippen molar-refractivity contribution < 1.29 is 9.53 Å². The van der Waals surface area contributed by atoms with Crippen LogP contribution >= 0.6 is 11.6 Å². The van der Waals surface area contributed by atoms with Crippen LogP contribution in [0.1, 0.15) is 19.4 Å². The molecule has 2 rings (SSSR count). The van der Waals surface area contributed by atoms with Crippen molar-refractivity contribution in [3.63, 3.8) is 0 Å². The van der Waals surface area contributed by atoms with E-state index in [0.717, 1.165) is 11.3 Å². The number of nitrogens with one attached hydrogen (secondary N) is 1. The Bertz CT molecular complexity index is 502. The van der Waals surface area contributed by atoms with Crippen molar-refractivity contribution in [2.45, 2.75) is 26.3 Å². The molecule has 1 aromatic rings. The molecule has 0 aliphatic carbocycles. The Morgan fingerprint density at radius 1 is 1.61 bits per heavy atom. The van der Waals surface area contributed by atoms with E-state index >= 15 is 0 Å². The van der Waals surface area contributed by atoms with Crippen molar-refractivity contribution in [2.75, 3.05) is 11.5 Å². The first-order valence-corrected chi connectivity index (χ1v) is 6.21. The van der Waals surface area contributed by atoms with Gasteiger partial charge in [-0.2, -0.15) is 0 Å². The largest absolute Gasteiger partial charge is 0.480 e. The molecule has 0 bridgehead atoms. The molecule has 1 aliphatic heterocycles. The first-order valence-electron chi connectivity index (χ1n) is 5.84. The zero-order chi connectivity index (χ0) is 13.3. The van der Waals surface area contributed by atoms with Crippen LogP contribution in [0.3, 0.4) is 0 Å². The molecule has 0 spiro atoms. The molecule has 4 nitrogen and oxygen atoms in total. The second-order valence-electron chi connectivity index (χ2n) is 4.18. The fraction of sp³-hybridized carbons (Fsp3) is 0.385. The number of benzene rings is 1. The van der Waals surface area contributed by atoms with E-state index in [1.165, 1.54) is 6.92 Å². The van der Waals surface area contributed by atoms with Crippen molar-refractivity contribution in [1.82, 2.24) is 0 Å². The maximum absolute atomic E-state index is 11.8. The molecule has 1 heterocycles. The zero-order valence-corrected chi connectivity index (χ0v) is 11.1. The minimum absolute atomic E-state index is 0.0921. The summed E-state index contributed by atoms with van der Waals surface area (Å²) in [5.74, 6) is 0.0329. The van der Waals surface area contributed by atoms with Crippen LogP contribution in [0.2, 0.25) is 5.02 Å². The Balaban J connectivity index is 2.37. The van der Waals surface area contributed by atoms with Crippen LogP contribution in [0.25, 0.3) is 0 Å². The van der Waals surface area contributed by atoms with Crippen LogP contribution < -0.4 is 4.90 Å². The lowest BCUT2D eigenvalue weighted by atomic mass is 10.1. The summed E-state index contributed by atoms with van der Waals surface area (Å²) >= 11 is 5.95. The zero-order valence-electron chi connectivity index (χ0n) is 10.4. The van der Waals surface area contributed by atoms with Crippen molar-refractivity contribution in [1.29, 1.82) is 5.41 Å². The molecule has 1 amide bonds. The number of fused-ring (bicyclic) bond motifs is 1. The van der Waals surface area contributed by atoms with E-state index in [4.69, 9.17) is 21.7 Å². The highest BCUT2D eigenvalue weighted by molar-refractivity contribution is 6.30. The van der Waals surface area contributed by atoms with Crippen molar-refractivity contribution in [3.8, 4) is 0 Å². The fourth-order valence-electron chi connectivity index (χ4n) is 2.27. The average molecular weight is 267 g/mol. The van der Waals surface area contributed by atoms with E-state index in [1.54, 1.807) is 11.0 Å². The molecule has 5 heteroatoms. The number of carbonyl (C=O) groups is 1. The molecule has 1 aromatic carbocycles. The van der Waals surface area contributed by atoms with Crippen molar-refractivity contribution >= 4 is 29.1 Å². The molecule has 0 saturated heterocycles. The van der Waals surface area contributed by atoms with Gasteiger partial charge < -0.3 is 4.74 Å². The number of nitrogens with zero attached hydrogens (tertiary/aromatic N) is 1. The number of hydrogen-bond donors (Lipinski definition) is 1. The quantitative estimate of drug-likeness (QED) is 0.661. The van der Waals surface area contributed by atoms with Crippen LogP contribution in [0, 0.1) is 5.41 Å². The Kier molecular flexibility index (Phi) is 3.57. The predicted molar refractivity (Wildman–Crippen MR) is 71.5 cm³/mol. The van der Waals surface area contributed by atoms with Crippen LogP contribution in [-0.2, 0) is 16.0 Å². The molecule has 0 radical (unpaired) electrons. The third kappa shape index (κ3) is 2.20. The summed E-state index contributed by atoms with van der Waals surface area (Å²) in [7, 11) is 0. The van der Waals surface area contributed by atoms with Gasteiger partial charge in [0.2, 0.25) is 11.8 Å². The van der Waals surface area contributed by atoms with Gasteiger partial charge in [-0.1, -0.05) is 11.6 Å². The predicted octanol–water partition coefficient (Wildman–Crippen LogP) is 2.63. The summed E-state index contributed by atoms with van der Waals surface area (Å²) in [6.07, 6.45) is 0.578. The van der Waals surface area contributed by atoms with Crippen LogP contribution in [0.15, 0.2) is 18.2 Å². The van der Waals surface area contributed by atoms with Gasteiger partial charge in [0, 0.05) is 24.1 Å². The fourth-order valence-corrected chi connectivity index (χ4v) is 2.47. The first kappa shape index (κ1) is 12.9. The molecule has 0 aromatic heterocycles. The lowest BCUT2D eigenvalue weighted by molar-refractivity contribution is -0.116. The second kappa shape index (κ2) is 4.98. The number of hydrogen-bond acceptors (Lipinski definition) is 3. The highest BCUT2D eigenvalue weighted by atomic mass is 35.5. The van der Waals surface area contributed by atoms with E-state index in [2.05, 4.69) is 0 Å². The van der Waals surface area contributed by atoms with Crippen molar-refractivity contribution in [2.24, 2.45) is 0 Å². The van der Waals surface area contributed by atoms with Gasteiger partial charge >= 0.3 is 0 Å². The molecule has 0 saturated carbocycles. The summed E-state index contributed by atoms with van der Waals surface area (Å²) in [5.41, 5.74) is 1.80. The Hall–Kier alpha value is -1.55. The standard InChI is InChI=1S/C13H15ClN2O2/c1-3-18-13(15)12-7-9-6-10(14)4-5-11(9)16(12)8(2)17/h4-6,12,15H,3,7H2,1-2H3. The molecular formula is C13H15ClN2O2. The van der Waals surface area contributed by atoms with Crippen LogP contribution in [0.5, 0.6) is 0 Å². The van der Waals surface area contributed by atoms with E-state index in [1.807, 2.05) is 19.1 Å². The van der Waals surface area contributed by atoms with Gasteiger partial charge in [0.25, 0.3) is 0 Å². The van der Waals surface area contributed by atoms with Gasteiger partial charge in [0.1, 0.15) is 6.04 Å². The van der Waals surface area contributed by atoms with Gasteiger partial charge in [-0.15, -0.1) is 0 Å². The monoisotopic (exact) mass is 266 g/mol. The number of halogens is 1. The number of ether oxygens (including phenoxy) is 1. The molecule has 1 atom stereocenters. The third-order valence-electron chi connectivity index (χ3n) is 2.97. The average Bonchev–Trinajstić information content (AvgIpc) is 2.67. The maximum Gasteiger partial charge on any atom is 0.224 e. The van der Waals surface area contributed by atoms with Crippen LogP contribution in [-0.4, -0.2) is 24.5 Å². The molecule has 0 fully saturated rings. The normalized spacial score (nSPS) is 17.5. The lowest BCUT2D eigenvalue weighted by Crippen LogP contribution is -2.42. The summed E-state index contributed by atoms with van der Waals surface area (Å²) in [5, 5.41) is 8.53. The van der Waals surface area contributed by atoms with Gasteiger partial charge in [0.05, 0.1) is 6.61 Å². The van der Waals surface area contributed by atoms with Crippen molar-refractivity contribution in [3.05, 3.63) is 28.8 Å². The topological polar surface area (TPSA) is 53.4 Å². The molecular weight excluding hydrogens is 252 g/mol. The summed E-state index contributed by atoms with van der Waals surface area (Å²) in [6, 6.07) is 5.06. The number of carbonyl (C=O) groups excluding carboxylic acids is 1. The minimum atomic E-state index is -0.351.